The van der Waals surface area contributed by atoms with Crippen molar-refractivity contribution in [1.29, 1.82) is 0 Å². The molecule has 3 aliphatic rings. The van der Waals surface area contributed by atoms with Crippen molar-refractivity contribution in [3.8, 4) is 11.4 Å². The molecular weight excluding hydrogens is 847 g/mol. The number of nitrogens with zero attached hydrogens (tertiary/aromatic N) is 3. The summed E-state index contributed by atoms with van der Waals surface area (Å²) in [6.45, 7) is 2.59. The van der Waals surface area contributed by atoms with Crippen LogP contribution in [0.25, 0.3) is 22.4 Å². The number of rotatable bonds is 22. The molecule has 3 aliphatic carbocycles. The van der Waals surface area contributed by atoms with E-state index in [9.17, 15) is 37.5 Å². The normalized spacial score (nSPS) is 17.5. The number of carbonyl (C=O) groups is 6. The minimum absolute atomic E-state index is 0.0564. The molecule has 10 N–H and O–H groups in total. The summed E-state index contributed by atoms with van der Waals surface area (Å²) < 4.78 is 28.0. The Hall–Kier alpha value is -6.45. The number of hydrogen-bond acceptors (Lipinski definition) is 13. The number of H-pyrrole nitrogens is 1. The molecule has 3 atom stereocenters. The van der Waals surface area contributed by atoms with Crippen molar-refractivity contribution in [2.75, 3.05) is 45.3 Å². The second kappa shape index (κ2) is 27.7. The minimum Gasteiger partial charge on any atom is -0.364 e. The van der Waals surface area contributed by atoms with Gasteiger partial charge in [0.05, 0.1) is 32.0 Å². The van der Waals surface area contributed by atoms with E-state index in [0.29, 0.717) is 65.8 Å². The van der Waals surface area contributed by atoms with Gasteiger partial charge in [0.2, 0.25) is 30.0 Å². The molecule has 3 aromatic heterocycles. The molecule has 3 saturated carbocycles. The number of hydrogen-bond donors (Lipinski definition) is 9. The van der Waals surface area contributed by atoms with Crippen molar-refractivity contribution >= 4 is 53.2 Å². The molecular formula is C44H60F2N12O7. The molecule has 19 nitrogen and oxygen atoms in total. The number of anilines is 1. The lowest BCUT2D eigenvalue weighted by molar-refractivity contribution is -0.131. The number of pyridine rings is 1. The van der Waals surface area contributed by atoms with Crippen LogP contribution in [0, 0.1) is 29.4 Å². The van der Waals surface area contributed by atoms with E-state index in [1.54, 1.807) is 13.2 Å². The topological polar surface area (TPSA) is 276 Å². The molecule has 21 heteroatoms. The maximum Gasteiger partial charge on any atom is 0.243 e. The molecule has 3 heterocycles. The molecule has 0 saturated heterocycles. The van der Waals surface area contributed by atoms with Crippen LogP contribution < -0.4 is 43.1 Å². The number of nitrogens with two attached hydrogens (primary N) is 1. The number of carbonyl (C=O) groups excluding carboxylic acids is 6. The zero-order valence-corrected chi connectivity index (χ0v) is 36.7. The number of likely N-dealkylation sites (N-methyl/N-ethyl adjacent to an activating group) is 1. The summed E-state index contributed by atoms with van der Waals surface area (Å²) in [5.41, 5.74) is 9.22. The van der Waals surface area contributed by atoms with E-state index in [1.807, 2.05) is 35.8 Å². The number of nitrogens with one attached hydrogen (secondary N) is 8. The first-order valence-electron chi connectivity index (χ1n) is 21.6. The molecule has 3 fully saturated rings. The zero-order valence-electron chi connectivity index (χ0n) is 36.7. The summed E-state index contributed by atoms with van der Waals surface area (Å²) in [6.07, 6.45) is 13.5. The number of aldehydes is 1. The van der Waals surface area contributed by atoms with Gasteiger partial charge in [0.15, 0.2) is 17.5 Å². The van der Waals surface area contributed by atoms with E-state index < -0.39 is 29.5 Å². The number of fused-ring (bicyclic) bond motifs is 4. The predicted molar refractivity (Wildman–Crippen MR) is 238 cm³/mol. The number of aromatic nitrogens is 4. The Morgan fingerprint density at radius 1 is 0.923 bits per heavy atom. The molecule has 3 unspecified atom stereocenters. The van der Waals surface area contributed by atoms with E-state index in [-0.39, 0.29) is 56.5 Å². The number of aromatic amines is 1. The first-order valence-corrected chi connectivity index (χ1v) is 21.6. The highest BCUT2D eigenvalue weighted by atomic mass is 19.1. The van der Waals surface area contributed by atoms with Gasteiger partial charge in [-0.1, -0.05) is 43.7 Å². The van der Waals surface area contributed by atoms with Crippen LogP contribution in [0.3, 0.4) is 0 Å². The Kier molecular flexibility index (Phi) is 21.8. The smallest absolute Gasteiger partial charge is 0.243 e. The van der Waals surface area contributed by atoms with Crippen LogP contribution in [0.15, 0.2) is 55.0 Å². The van der Waals surface area contributed by atoms with E-state index in [1.165, 1.54) is 37.9 Å². The van der Waals surface area contributed by atoms with Crippen LogP contribution in [0.4, 0.5) is 14.6 Å². The third kappa shape index (κ3) is 16.9. The monoisotopic (exact) mass is 906 g/mol. The van der Waals surface area contributed by atoms with Gasteiger partial charge in [-0.2, -0.15) is 0 Å². The molecule has 4 aromatic rings. The summed E-state index contributed by atoms with van der Waals surface area (Å²) >= 11 is 0. The largest absolute Gasteiger partial charge is 0.364 e. The maximum absolute atomic E-state index is 14.4. The number of hydroxylamine groups is 1. The predicted octanol–water partition coefficient (Wildman–Crippen LogP) is 2.16. The number of amides is 5. The van der Waals surface area contributed by atoms with Crippen LogP contribution in [0.5, 0.6) is 0 Å². The molecule has 0 aliphatic heterocycles. The van der Waals surface area contributed by atoms with E-state index in [0.717, 1.165) is 31.0 Å². The van der Waals surface area contributed by atoms with Crippen molar-refractivity contribution in [3.05, 3.63) is 72.2 Å². The van der Waals surface area contributed by atoms with Gasteiger partial charge >= 0.3 is 0 Å². The van der Waals surface area contributed by atoms with Gasteiger partial charge in [-0.3, -0.25) is 28.8 Å². The minimum atomic E-state index is -0.820. The van der Waals surface area contributed by atoms with Crippen molar-refractivity contribution in [2.24, 2.45) is 23.5 Å². The van der Waals surface area contributed by atoms with Gasteiger partial charge in [-0.05, 0) is 81.5 Å². The van der Waals surface area contributed by atoms with Gasteiger partial charge in [0.1, 0.15) is 30.5 Å². The highest BCUT2D eigenvalue weighted by molar-refractivity contribution is 5.92. The van der Waals surface area contributed by atoms with E-state index >= 15 is 0 Å². The standard InChI is InChI=1S/C20H21F2N5.C16H23N5O5.C8H16N2O2/c1-10-11-2-4-12(5-3-11)17(10)26-20-16(22)9-25-19(27-20)15-8-24-18-14(15)6-13(21)7-23-18;1-17-8-15(24)21-13(7-12-5-3-2-4-6-12)16(25)18-9-14(23)19-11-26-20-10-22;9-5-3-1-2-4-8(12)10-6-7-11/h6-12,17H,2-5H2,1H3,(H,23,24)(H,25,26,27);2-6,10,13,17H,7-9,11H2,1H3,(H,18,25)(H,19,23)(H,20,22)(H,21,24);7H,1-6,9H2,(H,10,12). The number of unbranched alkanes of at least 4 members (excludes halogenated alkanes) is 2. The fourth-order valence-corrected chi connectivity index (χ4v) is 7.78. The van der Waals surface area contributed by atoms with Crippen molar-refractivity contribution in [2.45, 2.75) is 76.8 Å². The number of benzene rings is 1. The average Bonchev–Trinajstić information content (AvgIpc) is 3.73. The van der Waals surface area contributed by atoms with E-state index in [4.69, 9.17) is 5.73 Å². The Balaban J connectivity index is 0.000000230. The first kappa shape index (κ1) is 51.2. The summed E-state index contributed by atoms with van der Waals surface area (Å²) in [4.78, 5) is 86.6. The second-order valence-corrected chi connectivity index (χ2v) is 15.6. The lowest BCUT2D eigenvalue weighted by Crippen LogP contribution is -2.51. The van der Waals surface area contributed by atoms with Crippen molar-refractivity contribution in [3.63, 3.8) is 0 Å². The summed E-state index contributed by atoms with van der Waals surface area (Å²) in [5, 5.41) is 16.5. The van der Waals surface area contributed by atoms with E-state index in [2.05, 4.69) is 63.6 Å². The van der Waals surface area contributed by atoms with Gasteiger partial charge in [0.25, 0.3) is 0 Å². The maximum atomic E-state index is 14.4. The van der Waals surface area contributed by atoms with Crippen molar-refractivity contribution < 1.29 is 42.4 Å². The van der Waals surface area contributed by atoms with Gasteiger partial charge in [-0.25, -0.2) is 29.2 Å². The Labute approximate surface area is 376 Å². The SMILES string of the molecule is CC1C2CCC(CC2)C1Nc1nc(-c2c[nH]c3ncc(F)cc23)ncc1F.CNCC(=O)NC(Cc1ccccc1)C(=O)NCC(=O)NCONC=O.NCCCCCC(=O)NCC=O. The second-order valence-electron chi connectivity index (χ2n) is 15.6. The summed E-state index contributed by atoms with van der Waals surface area (Å²) in [6, 6.07) is 10.0. The van der Waals surface area contributed by atoms with Crippen LogP contribution >= 0.6 is 0 Å². The molecule has 2 bridgehead atoms. The Morgan fingerprint density at radius 3 is 2.37 bits per heavy atom. The van der Waals surface area contributed by atoms with Crippen LogP contribution in [-0.4, -0.2) is 108 Å². The van der Waals surface area contributed by atoms with Gasteiger partial charge in [-0.15, -0.1) is 0 Å². The highest BCUT2D eigenvalue weighted by Gasteiger charge is 2.41. The molecule has 352 valence electrons. The highest BCUT2D eigenvalue weighted by Crippen LogP contribution is 2.46. The lowest BCUT2D eigenvalue weighted by atomic mass is 9.62. The van der Waals surface area contributed by atoms with Crippen LogP contribution in [-0.2, 0) is 40.0 Å². The summed E-state index contributed by atoms with van der Waals surface area (Å²) in [7, 11) is 1.62. The first-order chi connectivity index (χ1) is 31.5. The number of halogens is 2. The van der Waals surface area contributed by atoms with Crippen LogP contribution in [0.1, 0.15) is 63.9 Å². The fourth-order valence-electron chi connectivity index (χ4n) is 7.78. The molecule has 1 aromatic carbocycles. The molecule has 0 radical (unpaired) electrons. The molecule has 65 heavy (non-hydrogen) atoms. The van der Waals surface area contributed by atoms with Gasteiger partial charge in [0, 0.05) is 36.0 Å². The fraction of sp³-hybridized carbons (Fsp3) is 0.477. The third-order valence-electron chi connectivity index (χ3n) is 11.1. The van der Waals surface area contributed by atoms with Crippen LogP contribution in [0.2, 0.25) is 0 Å². The lowest BCUT2D eigenvalue weighted by Gasteiger charge is -2.47. The van der Waals surface area contributed by atoms with Gasteiger partial charge < -0.3 is 47.4 Å². The molecule has 5 amide bonds. The molecule has 7 rings (SSSR count). The quantitative estimate of drug-likeness (QED) is 0.0237. The Bertz CT molecular complexity index is 2140. The van der Waals surface area contributed by atoms with Crippen molar-refractivity contribution in [1.82, 2.24) is 52.0 Å². The Morgan fingerprint density at radius 2 is 1.68 bits per heavy atom. The summed E-state index contributed by atoms with van der Waals surface area (Å²) in [5.74, 6) is 0.0732. The molecule has 0 spiro atoms. The average molecular weight is 907 g/mol. The zero-order chi connectivity index (χ0) is 47.0. The third-order valence-corrected chi connectivity index (χ3v) is 11.1.